The molecule has 2 unspecified atom stereocenters. The summed E-state index contributed by atoms with van der Waals surface area (Å²) in [6.07, 6.45) is 2.44. The number of carboxylic acids is 1. The number of carbonyl (C=O) groups is 1. The lowest BCUT2D eigenvalue weighted by atomic mass is 10.1. The van der Waals surface area contributed by atoms with Crippen LogP contribution in [0.2, 0.25) is 0 Å². The molecule has 4 heteroatoms. The van der Waals surface area contributed by atoms with Crippen LogP contribution in [-0.4, -0.2) is 47.7 Å². The molecule has 1 saturated heterocycles. The maximum absolute atomic E-state index is 10.8. The first-order valence-corrected chi connectivity index (χ1v) is 5.82. The van der Waals surface area contributed by atoms with Crippen LogP contribution >= 0.6 is 0 Å². The molecule has 0 spiro atoms. The molecule has 0 aromatic carbocycles. The lowest BCUT2D eigenvalue weighted by Gasteiger charge is -2.27. The first kappa shape index (κ1) is 12.5. The summed E-state index contributed by atoms with van der Waals surface area (Å²) in [5, 5.41) is 12.2. The molecule has 1 rings (SSSR count). The van der Waals surface area contributed by atoms with E-state index in [1.54, 1.807) is 0 Å². The Hall–Kier alpha value is -0.610. The van der Waals surface area contributed by atoms with E-state index in [1.165, 1.54) is 0 Å². The van der Waals surface area contributed by atoms with Gasteiger partial charge in [0.1, 0.15) is 0 Å². The minimum Gasteiger partial charge on any atom is -0.481 e. The van der Waals surface area contributed by atoms with Crippen molar-refractivity contribution in [1.82, 2.24) is 10.2 Å². The molecule has 1 aliphatic rings. The van der Waals surface area contributed by atoms with Gasteiger partial charge in [0.2, 0.25) is 0 Å². The van der Waals surface area contributed by atoms with E-state index < -0.39 is 5.97 Å². The van der Waals surface area contributed by atoms with Crippen molar-refractivity contribution in [3.8, 4) is 0 Å². The highest BCUT2D eigenvalue weighted by Crippen LogP contribution is 2.11. The van der Waals surface area contributed by atoms with E-state index in [0.717, 1.165) is 32.5 Å². The highest BCUT2D eigenvalue weighted by atomic mass is 16.4. The Morgan fingerprint density at radius 1 is 1.60 bits per heavy atom. The molecule has 0 bridgehead atoms. The summed E-state index contributed by atoms with van der Waals surface area (Å²) < 4.78 is 0. The molecule has 15 heavy (non-hydrogen) atoms. The van der Waals surface area contributed by atoms with Gasteiger partial charge in [-0.25, -0.2) is 0 Å². The second kappa shape index (κ2) is 6.08. The number of carboxylic acid groups (broad SMARTS) is 1. The predicted octanol–water partition coefficient (Wildman–Crippen LogP) is 0.923. The minimum absolute atomic E-state index is 0.160. The van der Waals surface area contributed by atoms with Gasteiger partial charge in [0.05, 0.1) is 6.42 Å². The Kier molecular flexibility index (Phi) is 5.05. The minimum atomic E-state index is -0.697. The standard InChI is InChI=1S/C11H22N2O2/c1-3-5-13-6-4-9(2)12-8-10(13)7-11(14)15/h9-10,12H,3-8H2,1-2H3,(H,14,15). The van der Waals surface area contributed by atoms with Gasteiger partial charge in [0.25, 0.3) is 0 Å². The normalized spacial score (nSPS) is 28.7. The van der Waals surface area contributed by atoms with Gasteiger partial charge in [-0.1, -0.05) is 6.92 Å². The number of hydrogen-bond donors (Lipinski definition) is 2. The highest BCUT2D eigenvalue weighted by Gasteiger charge is 2.24. The molecule has 0 aliphatic carbocycles. The van der Waals surface area contributed by atoms with Crippen LogP contribution in [0.15, 0.2) is 0 Å². The zero-order valence-corrected chi connectivity index (χ0v) is 9.70. The van der Waals surface area contributed by atoms with E-state index in [1.807, 2.05) is 0 Å². The molecule has 1 heterocycles. The lowest BCUT2D eigenvalue weighted by Crippen LogP contribution is -2.42. The van der Waals surface area contributed by atoms with Crippen LogP contribution in [0.25, 0.3) is 0 Å². The fourth-order valence-corrected chi connectivity index (χ4v) is 2.09. The summed E-state index contributed by atoms with van der Waals surface area (Å²) in [7, 11) is 0. The van der Waals surface area contributed by atoms with Crippen LogP contribution in [0, 0.1) is 0 Å². The van der Waals surface area contributed by atoms with Gasteiger partial charge in [0.15, 0.2) is 0 Å². The molecule has 2 atom stereocenters. The van der Waals surface area contributed by atoms with Gasteiger partial charge in [-0.2, -0.15) is 0 Å². The third-order valence-electron chi connectivity index (χ3n) is 2.99. The third kappa shape index (κ3) is 4.18. The van der Waals surface area contributed by atoms with Crippen molar-refractivity contribution in [1.29, 1.82) is 0 Å². The molecule has 1 fully saturated rings. The molecule has 0 radical (unpaired) electrons. The van der Waals surface area contributed by atoms with Gasteiger partial charge in [-0.15, -0.1) is 0 Å². The average Bonchev–Trinajstić information content (AvgIpc) is 2.32. The quantitative estimate of drug-likeness (QED) is 0.731. The molecule has 2 N–H and O–H groups in total. The molecule has 0 amide bonds. The van der Waals surface area contributed by atoms with E-state index in [0.29, 0.717) is 6.04 Å². The SMILES string of the molecule is CCCN1CCC(C)NCC1CC(=O)O. The Labute approximate surface area is 91.6 Å². The van der Waals surface area contributed by atoms with E-state index in [2.05, 4.69) is 24.1 Å². The zero-order chi connectivity index (χ0) is 11.3. The summed E-state index contributed by atoms with van der Waals surface area (Å²) >= 11 is 0. The summed E-state index contributed by atoms with van der Waals surface area (Å²) in [5.41, 5.74) is 0. The predicted molar refractivity (Wildman–Crippen MR) is 60.0 cm³/mol. The van der Waals surface area contributed by atoms with Crippen molar-refractivity contribution in [2.24, 2.45) is 0 Å². The maximum atomic E-state index is 10.8. The topological polar surface area (TPSA) is 52.6 Å². The molecule has 0 aromatic rings. The molecule has 88 valence electrons. The Morgan fingerprint density at radius 2 is 2.33 bits per heavy atom. The molecular formula is C11H22N2O2. The second-order valence-corrected chi connectivity index (χ2v) is 4.39. The third-order valence-corrected chi connectivity index (χ3v) is 2.99. The zero-order valence-electron chi connectivity index (χ0n) is 9.70. The van der Waals surface area contributed by atoms with Crippen LogP contribution in [0.3, 0.4) is 0 Å². The van der Waals surface area contributed by atoms with E-state index >= 15 is 0 Å². The summed E-state index contributed by atoms with van der Waals surface area (Å²) in [6, 6.07) is 0.663. The number of nitrogens with zero attached hydrogens (tertiary/aromatic N) is 1. The molecular weight excluding hydrogens is 192 g/mol. The van der Waals surface area contributed by atoms with Gasteiger partial charge in [-0.3, -0.25) is 9.69 Å². The number of nitrogens with one attached hydrogen (secondary N) is 1. The van der Waals surface area contributed by atoms with E-state index in [9.17, 15) is 4.79 Å². The van der Waals surface area contributed by atoms with Crippen molar-refractivity contribution in [2.45, 2.75) is 45.2 Å². The van der Waals surface area contributed by atoms with Crippen LogP contribution in [0.5, 0.6) is 0 Å². The van der Waals surface area contributed by atoms with Crippen LogP contribution in [-0.2, 0) is 4.79 Å². The van der Waals surface area contributed by atoms with Crippen molar-refractivity contribution in [3.63, 3.8) is 0 Å². The van der Waals surface area contributed by atoms with Crippen molar-refractivity contribution in [3.05, 3.63) is 0 Å². The number of hydrogen-bond acceptors (Lipinski definition) is 3. The monoisotopic (exact) mass is 214 g/mol. The van der Waals surface area contributed by atoms with Crippen LogP contribution in [0.1, 0.15) is 33.1 Å². The number of aliphatic carboxylic acids is 1. The first-order chi connectivity index (χ1) is 7.13. The van der Waals surface area contributed by atoms with E-state index in [4.69, 9.17) is 5.11 Å². The molecule has 0 aromatic heterocycles. The van der Waals surface area contributed by atoms with Gasteiger partial charge in [0, 0.05) is 18.6 Å². The summed E-state index contributed by atoms with van der Waals surface area (Å²) in [5.74, 6) is -0.697. The van der Waals surface area contributed by atoms with E-state index in [-0.39, 0.29) is 12.5 Å². The van der Waals surface area contributed by atoms with Crippen LogP contribution < -0.4 is 5.32 Å². The van der Waals surface area contributed by atoms with Crippen molar-refractivity contribution >= 4 is 5.97 Å². The Balaban J connectivity index is 2.55. The second-order valence-electron chi connectivity index (χ2n) is 4.39. The Bertz CT molecular complexity index is 209. The Morgan fingerprint density at radius 3 is 2.93 bits per heavy atom. The van der Waals surface area contributed by atoms with Gasteiger partial charge >= 0.3 is 5.97 Å². The smallest absolute Gasteiger partial charge is 0.304 e. The van der Waals surface area contributed by atoms with Crippen molar-refractivity contribution < 1.29 is 9.90 Å². The summed E-state index contributed by atoms with van der Waals surface area (Å²) in [4.78, 5) is 13.1. The number of rotatable bonds is 4. The average molecular weight is 214 g/mol. The molecule has 0 saturated carbocycles. The largest absolute Gasteiger partial charge is 0.481 e. The first-order valence-electron chi connectivity index (χ1n) is 5.82. The molecule has 1 aliphatic heterocycles. The fourth-order valence-electron chi connectivity index (χ4n) is 2.09. The summed E-state index contributed by atoms with van der Waals surface area (Å²) in [6.45, 7) is 7.12. The van der Waals surface area contributed by atoms with Gasteiger partial charge < -0.3 is 10.4 Å². The highest BCUT2D eigenvalue weighted by molar-refractivity contribution is 5.67. The van der Waals surface area contributed by atoms with Gasteiger partial charge in [-0.05, 0) is 32.9 Å². The van der Waals surface area contributed by atoms with Crippen molar-refractivity contribution in [2.75, 3.05) is 19.6 Å². The maximum Gasteiger partial charge on any atom is 0.304 e. The lowest BCUT2D eigenvalue weighted by molar-refractivity contribution is -0.138. The van der Waals surface area contributed by atoms with Crippen LogP contribution in [0.4, 0.5) is 0 Å². The molecule has 4 nitrogen and oxygen atoms in total. The fraction of sp³-hybridized carbons (Fsp3) is 0.909.